The highest BCUT2D eigenvalue weighted by Gasteiger charge is 2.27. The van der Waals surface area contributed by atoms with Crippen LogP contribution in [-0.4, -0.2) is 56.6 Å². The Bertz CT molecular complexity index is 1410. The molecule has 1 aliphatic heterocycles. The fourth-order valence-electron chi connectivity index (χ4n) is 3.83. The van der Waals surface area contributed by atoms with Crippen molar-refractivity contribution in [3.05, 3.63) is 80.5 Å². The van der Waals surface area contributed by atoms with Gasteiger partial charge in [-0.05, 0) is 68.5 Å². The fraction of sp³-hybridized carbons (Fsp3) is 0.304. The molecule has 36 heavy (non-hydrogen) atoms. The van der Waals surface area contributed by atoms with Gasteiger partial charge in [-0.25, -0.2) is 22.7 Å². The zero-order valence-corrected chi connectivity index (χ0v) is 24.1. The molecule has 0 aromatic carbocycles. The number of sulfonamides is 1. The molecule has 5 rings (SSSR count). The first-order valence-corrected chi connectivity index (χ1v) is 14.9. The van der Waals surface area contributed by atoms with E-state index in [0.29, 0.717) is 24.8 Å². The van der Waals surface area contributed by atoms with Crippen LogP contribution in [-0.2, 0) is 16.6 Å². The van der Waals surface area contributed by atoms with E-state index >= 15 is 0 Å². The summed E-state index contributed by atoms with van der Waals surface area (Å²) in [6.45, 7) is 1.67. The van der Waals surface area contributed by atoms with Crippen LogP contribution in [0.2, 0.25) is 5.15 Å². The summed E-state index contributed by atoms with van der Waals surface area (Å²) in [7, 11) is -3.14. The van der Waals surface area contributed by atoms with Gasteiger partial charge in [-0.3, -0.25) is 4.98 Å². The molecular weight excluding hydrogens is 634 g/mol. The molecule has 0 bridgehead atoms. The second kappa shape index (κ2) is 12.0. The van der Waals surface area contributed by atoms with Gasteiger partial charge in [0.15, 0.2) is 5.65 Å². The average molecular weight is 658 g/mol. The molecule has 1 aliphatic rings. The van der Waals surface area contributed by atoms with E-state index in [1.807, 2.05) is 36.5 Å². The van der Waals surface area contributed by atoms with Crippen LogP contribution in [0.15, 0.2) is 64.1 Å². The molecule has 5 heterocycles. The van der Waals surface area contributed by atoms with Gasteiger partial charge < -0.3 is 5.32 Å². The van der Waals surface area contributed by atoms with Crippen molar-refractivity contribution in [3.63, 3.8) is 0 Å². The summed E-state index contributed by atoms with van der Waals surface area (Å²) in [5.74, 6) is 1.06. The summed E-state index contributed by atoms with van der Waals surface area (Å²) >= 11 is 12.3. The highest BCUT2D eigenvalue weighted by Crippen LogP contribution is 2.31. The molecule has 190 valence electrons. The minimum Gasteiger partial charge on any atom is -0.366 e. The molecule has 13 heteroatoms. The number of anilines is 1. The van der Waals surface area contributed by atoms with Gasteiger partial charge in [-0.2, -0.15) is 9.61 Å². The zero-order valence-electron chi connectivity index (χ0n) is 19.4. The Hall–Kier alpha value is -2.12. The smallest absolute Gasteiger partial charge is 0.211 e. The van der Waals surface area contributed by atoms with Gasteiger partial charge in [0.2, 0.25) is 10.0 Å². The molecule has 1 fully saturated rings. The van der Waals surface area contributed by atoms with Crippen molar-refractivity contribution in [3.8, 4) is 0 Å². The van der Waals surface area contributed by atoms with E-state index in [4.69, 9.17) is 16.6 Å². The van der Waals surface area contributed by atoms with Crippen LogP contribution in [0.4, 0.5) is 5.82 Å². The zero-order chi connectivity index (χ0) is 25.7. The predicted octanol–water partition coefficient (Wildman–Crippen LogP) is 5.14. The van der Waals surface area contributed by atoms with Crippen molar-refractivity contribution in [2.24, 2.45) is 0 Å². The number of piperidine rings is 1. The van der Waals surface area contributed by atoms with Gasteiger partial charge in [0.05, 0.1) is 21.4 Å². The average Bonchev–Trinajstić information content (AvgIpc) is 3.25. The molecule has 0 atom stereocenters. The van der Waals surface area contributed by atoms with Crippen molar-refractivity contribution in [1.82, 2.24) is 28.9 Å². The van der Waals surface area contributed by atoms with Crippen LogP contribution in [0.3, 0.4) is 0 Å². The standard InChI is InChI=1S/C18H21BrN6O2S.C5H3BrClN/c1-28(26,27)24-7-4-14(5-8-24)16-9-17(21-11-13-3-2-6-20-10-13)25-18(23-16)15(19)12-22-25;6-4-2-1-3-8-5(4)7/h2-3,6,9-10,12,14,21H,4-5,7-8,11H2,1H3;1-3H. The van der Waals surface area contributed by atoms with E-state index in [1.165, 1.54) is 6.26 Å². The van der Waals surface area contributed by atoms with Gasteiger partial charge in [0.25, 0.3) is 0 Å². The minimum atomic E-state index is -3.14. The van der Waals surface area contributed by atoms with E-state index in [9.17, 15) is 8.42 Å². The van der Waals surface area contributed by atoms with E-state index in [1.54, 1.807) is 27.4 Å². The van der Waals surface area contributed by atoms with Crippen LogP contribution in [0.1, 0.15) is 30.0 Å². The molecule has 0 radical (unpaired) electrons. The van der Waals surface area contributed by atoms with Crippen molar-refractivity contribution < 1.29 is 8.42 Å². The van der Waals surface area contributed by atoms with E-state index in [0.717, 1.165) is 44.5 Å². The first-order chi connectivity index (χ1) is 17.2. The quantitative estimate of drug-likeness (QED) is 0.297. The van der Waals surface area contributed by atoms with Crippen LogP contribution in [0.5, 0.6) is 0 Å². The maximum Gasteiger partial charge on any atom is 0.211 e. The Balaban J connectivity index is 0.000000325. The number of nitrogens with zero attached hydrogens (tertiary/aromatic N) is 6. The number of fused-ring (bicyclic) bond motifs is 1. The van der Waals surface area contributed by atoms with E-state index in [-0.39, 0.29) is 5.92 Å². The Kier molecular flexibility index (Phi) is 8.94. The van der Waals surface area contributed by atoms with E-state index in [2.05, 4.69) is 52.2 Å². The van der Waals surface area contributed by atoms with E-state index < -0.39 is 10.0 Å². The van der Waals surface area contributed by atoms with Crippen molar-refractivity contribution in [1.29, 1.82) is 0 Å². The van der Waals surface area contributed by atoms with Crippen LogP contribution in [0, 0.1) is 0 Å². The third-order valence-electron chi connectivity index (χ3n) is 5.70. The molecule has 0 amide bonds. The molecule has 1 N–H and O–H groups in total. The first-order valence-electron chi connectivity index (χ1n) is 11.1. The Morgan fingerprint density at radius 3 is 2.47 bits per heavy atom. The summed E-state index contributed by atoms with van der Waals surface area (Å²) in [5.41, 5.74) is 2.77. The molecule has 0 spiro atoms. The predicted molar refractivity (Wildman–Crippen MR) is 148 cm³/mol. The molecule has 4 aromatic heterocycles. The van der Waals surface area contributed by atoms with Gasteiger partial charge in [-0.15, -0.1) is 0 Å². The summed E-state index contributed by atoms with van der Waals surface area (Å²) in [5, 5.41) is 8.33. The largest absolute Gasteiger partial charge is 0.366 e. The summed E-state index contributed by atoms with van der Waals surface area (Å²) in [6, 6.07) is 9.60. The second-order valence-corrected chi connectivity index (χ2v) is 12.3. The molecule has 0 aliphatic carbocycles. The van der Waals surface area contributed by atoms with Crippen molar-refractivity contribution >= 4 is 64.9 Å². The van der Waals surface area contributed by atoms with Gasteiger partial charge in [0, 0.05) is 55.9 Å². The lowest BCUT2D eigenvalue weighted by Crippen LogP contribution is -2.37. The highest BCUT2D eigenvalue weighted by atomic mass is 79.9. The van der Waals surface area contributed by atoms with Gasteiger partial charge >= 0.3 is 0 Å². The number of hydrogen-bond donors (Lipinski definition) is 1. The van der Waals surface area contributed by atoms with Crippen molar-refractivity contribution in [2.45, 2.75) is 25.3 Å². The number of aromatic nitrogens is 5. The minimum absolute atomic E-state index is 0.212. The first kappa shape index (κ1) is 26.9. The number of nitrogens with one attached hydrogen (secondary N) is 1. The van der Waals surface area contributed by atoms with Crippen LogP contribution in [0.25, 0.3) is 5.65 Å². The number of hydrogen-bond acceptors (Lipinski definition) is 7. The number of pyridine rings is 2. The number of rotatable bonds is 5. The molecule has 1 saturated heterocycles. The van der Waals surface area contributed by atoms with Crippen LogP contribution >= 0.6 is 43.5 Å². The summed E-state index contributed by atoms with van der Waals surface area (Å²) < 4.78 is 28.5. The Morgan fingerprint density at radius 2 is 1.86 bits per heavy atom. The summed E-state index contributed by atoms with van der Waals surface area (Å²) in [6.07, 6.45) is 9.72. The maximum absolute atomic E-state index is 11.8. The monoisotopic (exact) mass is 655 g/mol. The highest BCUT2D eigenvalue weighted by molar-refractivity contribution is 9.11. The Morgan fingerprint density at radius 1 is 1.11 bits per heavy atom. The number of halogens is 3. The third kappa shape index (κ3) is 6.80. The lowest BCUT2D eigenvalue weighted by Gasteiger charge is -2.30. The molecular formula is C23H24Br2ClN7O2S. The fourth-order valence-corrected chi connectivity index (χ4v) is 5.43. The normalized spacial score (nSPS) is 14.9. The maximum atomic E-state index is 11.8. The van der Waals surface area contributed by atoms with Gasteiger partial charge in [0.1, 0.15) is 11.0 Å². The molecule has 0 saturated carbocycles. The summed E-state index contributed by atoms with van der Waals surface area (Å²) in [4.78, 5) is 12.7. The van der Waals surface area contributed by atoms with Gasteiger partial charge in [-0.1, -0.05) is 17.7 Å². The second-order valence-electron chi connectivity index (χ2n) is 8.22. The third-order valence-corrected chi connectivity index (χ3v) is 8.73. The lowest BCUT2D eigenvalue weighted by atomic mass is 9.94. The Labute approximate surface area is 231 Å². The topological polar surface area (TPSA) is 105 Å². The molecule has 9 nitrogen and oxygen atoms in total. The SMILES string of the molecule is CS(=O)(=O)N1CCC(c2cc(NCc3cccnc3)n3ncc(Br)c3n2)CC1.Clc1ncccc1Br. The molecule has 4 aromatic rings. The van der Waals surface area contributed by atoms with Crippen LogP contribution < -0.4 is 5.32 Å². The lowest BCUT2D eigenvalue weighted by molar-refractivity contribution is 0.318. The molecule has 0 unspecified atom stereocenters. The van der Waals surface area contributed by atoms with Crippen molar-refractivity contribution in [2.75, 3.05) is 24.7 Å².